The van der Waals surface area contributed by atoms with E-state index < -0.39 is 16.3 Å². The van der Waals surface area contributed by atoms with Crippen molar-refractivity contribution in [1.29, 1.82) is 0 Å². The van der Waals surface area contributed by atoms with E-state index in [1.165, 1.54) is 18.2 Å². The molecule has 0 unspecified atom stereocenters. The Morgan fingerprint density at radius 2 is 1.82 bits per heavy atom. The van der Waals surface area contributed by atoms with Crippen LogP contribution in [-0.4, -0.2) is 42.7 Å². The molecular weight excluding hydrogens is 428 g/mol. The molecule has 1 aliphatic heterocycles. The number of carbonyl (C=O) groups is 2. The number of nitrogens with one attached hydrogen (secondary N) is 1. The summed E-state index contributed by atoms with van der Waals surface area (Å²) < 4.78 is 16.3. The molecule has 1 saturated heterocycles. The van der Waals surface area contributed by atoms with Gasteiger partial charge in [0.1, 0.15) is 11.3 Å². The van der Waals surface area contributed by atoms with E-state index in [0.717, 1.165) is 0 Å². The monoisotopic (exact) mass is 456 g/mol. The van der Waals surface area contributed by atoms with Crippen molar-refractivity contribution in [3.63, 3.8) is 0 Å². The first kappa shape index (κ1) is 24.2. The van der Waals surface area contributed by atoms with Crippen LogP contribution in [0.2, 0.25) is 0 Å². The third-order valence-electron chi connectivity index (χ3n) is 5.51. The Bertz CT molecular complexity index is 1010. The minimum absolute atomic E-state index is 0.0406. The second-order valence-corrected chi connectivity index (χ2v) is 8.05. The van der Waals surface area contributed by atoms with Gasteiger partial charge in [0.25, 0.3) is 5.69 Å². The molecule has 176 valence electrons. The van der Waals surface area contributed by atoms with E-state index in [1.54, 1.807) is 31.2 Å². The van der Waals surface area contributed by atoms with Gasteiger partial charge >= 0.3 is 5.97 Å². The molecule has 1 aliphatic rings. The maximum absolute atomic E-state index is 13.5. The van der Waals surface area contributed by atoms with Crippen molar-refractivity contribution in [3.8, 4) is 5.75 Å². The first-order chi connectivity index (χ1) is 15.8. The number of carbonyl (C=O) groups excluding carboxylic acids is 2. The molecule has 0 saturated carbocycles. The summed E-state index contributed by atoms with van der Waals surface area (Å²) in [5.41, 5.74) is 0.372. The summed E-state index contributed by atoms with van der Waals surface area (Å²) in [5.74, 6) is -0.440. The Morgan fingerprint density at radius 1 is 1.15 bits per heavy atom. The Hall–Kier alpha value is -3.46. The van der Waals surface area contributed by atoms with E-state index in [1.807, 2.05) is 13.8 Å². The van der Waals surface area contributed by atoms with E-state index in [4.69, 9.17) is 14.2 Å². The van der Waals surface area contributed by atoms with Crippen molar-refractivity contribution in [2.24, 2.45) is 0 Å². The number of rotatable bonds is 8. The van der Waals surface area contributed by atoms with Crippen LogP contribution in [0.1, 0.15) is 49.5 Å². The number of hydrogen-bond donors (Lipinski definition) is 1. The van der Waals surface area contributed by atoms with Gasteiger partial charge in [-0.1, -0.05) is 12.1 Å². The second-order valence-electron chi connectivity index (χ2n) is 8.05. The van der Waals surface area contributed by atoms with Crippen LogP contribution in [-0.2, 0) is 19.7 Å². The topological polar surface area (TPSA) is 117 Å². The Labute approximate surface area is 192 Å². The summed E-state index contributed by atoms with van der Waals surface area (Å²) in [6.45, 7) is 6.40. The van der Waals surface area contributed by atoms with Crippen LogP contribution < -0.4 is 10.1 Å². The van der Waals surface area contributed by atoms with Crippen LogP contribution in [0.4, 0.5) is 11.4 Å². The Morgan fingerprint density at radius 3 is 2.39 bits per heavy atom. The highest BCUT2D eigenvalue weighted by atomic mass is 16.6. The van der Waals surface area contributed by atoms with Crippen LogP contribution in [0.15, 0.2) is 42.5 Å². The van der Waals surface area contributed by atoms with Crippen molar-refractivity contribution in [3.05, 3.63) is 63.7 Å². The number of anilines is 1. The number of esters is 1. The summed E-state index contributed by atoms with van der Waals surface area (Å²) in [4.78, 5) is 36.6. The number of ether oxygens (including phenoxy) is 3. The van der Waals surface area contributed by atoms with Crippen molar-refractivity contribution in [2.45, 2.75) is 45.1 Å². The van der Waals surface area contributed by atoms with Gasteiger partial charge in [-0.15, -0.1) is 0 Å². The maximum Gasteiger partial charge on any atom is 0.341 e. The first-order valence-corrected chi connectivity index (χ1v) is 10.9. The standard InChI is InChI=1S/C24H28N2O7/c1-4-32-22(27)20-15-18(7-10-21(20)33-16(2)3)25-23(28)24(11-13-31-14-12-24)17-5-8-19(9-6-17)26(29)30/h5-10,15-16H,4,11-14H2,1-3H3,(H,25,28). The molecule has 0 aliphatic carbocycles. The first-order valence-electron chi connectivity index (χ1n) is 10.9. The molecule has 2 aromatic carbocycles. The zero-order valence-corrected chi connectivity index (χ0v) is 19.0. The molecule has 1 fully saturated rings. The number of nitrogens with zero attached hydrogens (tertiary/aromatic N) is 1. The number of non-ortho nitro benzene ring substituents is 1. The fraction of sp³-hybridized carbons (Fsp3) is 0.417. The number of nitro groups is 1. The Kier molecular flexibility index (Phi) is 7.65. The molecule has 33 heavy (non-hydrogen) atoms. The van der Waals surface area contributed by atoms with Crippen molar-refractivity contribution in [2.75, 3.05) is 25.1 Å². The molecular formula is C24H28N2O7. The third kappa shape index (κ3) is 5.48. The molecule has 1 N–H and O–H groups in total. The average Bonchev–Trinajstić information content (AvgIpc) is 2.80. The number of benzene rings is 2. The van der Waals surface area contributed by atoms with E-state index >= 15 is 0 Å². The van der Waals surface area contributed by atoms with Gasteiger partial charge in [0.2, 0.25) is 5.91 Å². The largest absolute Gasteiger partial charge is 0.490 e. The van der Waals surface area contributed by atoms with Crippen molar-refractivity contribution in [1.82, 2.24) is 0 Å². The predicted octanol–water partition coefficient (Wildman–Crippen LogP) is 4.25. The van der Waals surface area contributed by atoms with Gasteiger partial charge in [-0.2, -0.15) is 0 Å². The van der Waals surface area contributed by atoms with Crippen LogP contribution in [0.3, 0.4) is 0 Å². The molecule has 1 heterocycles. The molecule has 3 rings (SSSR count). The van der Waals surface area contributed by atoms with Crippen LogP contribution in [0.5, 0.6) is 5.75 Å². The lowest BCUT2D eigenvalue weighted by Crippen LogP contribution is -2.44. The summed E-state index contributed by atoms with van der Waals surface area (Å²) in [5, 5.41) is 13.9. The molecule has 1 amide bonds. The minimum atomic E-state index is -0.912. The zero-order chi connectivity index (χ0) is 24.0. The molecule has 0 radical (unpaired) electrons. The molecule has 0 atom stereocenters. The highest BCUT2D eigenvalue weighted by molar-refractivity contribution is 6.01. The molecule has 0 aromatic heterocycles. The van der Waals surface area contributed by atoms with Crippen LogP contribution in [0.25, 0.3) is 0 Å². The molecule has 0 spiro atoms. The lowest BCUT2D eigenvalue weighted by Gasteiger charge is -2.36. The molecule has 9 heteroatoms. The van der Waals surface area contributed by atoms with E-state index in [-0.39, 0.29) is 29.9 Å². The van der Waals surface area contributed by atoms with Gasteiger partial charge in [0, 0.05) is 31.0 Å². The normalized spacial score (nSPS) is 15.0. The summed E-state index contributed by atoms with van der Waals surface area (Å²) >= 11 is 0. The second kappa shape index (κ2) is 10.4. The lowest BCUT2D eigenvalue weighted by atomic mass is 9.73. The predicted molar refractivity (Wildman–Crippen MR) is 122 cm³/mol. The van der Waals surface area contributed by atoms with Crippen molar-refractivity contribution < 1.29 is 28.7 Å². The fourth-order valence-corrected chi connectivity index (χ4v) is 3.85. The van der Waals surface area contributed by atoms with Gasteiger partial charge in [-0.25, -0.2) is 4.79 Å². The van der Waals surface area contributed by atoms with E-state index in [9.17, 15) is 19.7 Å². The maximum atomic E-state index is 13.5. The quantitative estimate of drug-likeness (QED) is 0.359. The summed E-state index contributed by atoms with van der Waals surface area (Å²) in [6.07, 6.45) is 0.706. The Balaban J connectivity index is 1.92. The SMILES string of the molecule is CCOC(=O)c1cc(NC(=O)C2(c3ccc([N+](=O)[O-])cc3)CCOCC2)ccc1OC(C)C. The van der Waals surface area contributed by atoms with E-state index in [0.29, 0.717) is 43.1 Å². The van der Waals surface area contributed by atoms with Gasteiger partial charge < -0.3 is 19.5 Å². The van der Waals surface area contributed by atoms with Gasteiger partial charge in [-0.3, -0.25) is 14.9 Å². The molecule has 2 aromatic rings. The number of amides is 1. The highest BCUT2D eigenvalue weighted by Gasteiger charge is 2.42. The third-order valence-corrected chi connectivity index (χ3v) is 5.51. The van der Waals surface area contributed by atoms with Gasteiger partial charge in [0.15, 0.2) is 0 Å². The minimum Gasteiger partial charge on any atom is -0.490 e. The van der Waals surface area contributed by atoms with Crippen molar-refractivity contribution >= 4 is 23.3 Å². The van der Waals surface area contributed by atoms with Crippen LogP contribution in [0, 0.1) is 10.1 Å². The van der Waals surface area contributed by atoms with E-state index in [2.05, 4.69) is 5.32 Å². The fourth-order valence-electron chi connectivity index (χ4n) is 3.85. The summed E-state index contributed by atoms with van der Waals surface area (Å²) in [6, 6.07) is 10.9. The number of nitro benzene ring substituents is 1. The highest BCUT2D eigenvalue weighted by Crippen LogP contribution is 2.37. The number of hydrogen-bond acceptors (Lipinski definition) is 7. The van der Waals surface area contributed by atoms with Gasteiger partial charge in [-0.05, 0) is 57.4 Å². The zero-order valence-electron chi connectivity index (χ0n) is 19.0. The van der Waals surface area contributed by atoms with Crippen LogP contribution >= 0.6 is 0 Å². The molecule has 9 nitrogen and oxygen atoms in total. The van der Waals surface area contributed by atoms with Gasteiger partial charge in [0.05, 0.1) is 23.0 Å². The lowest BCUT2D eigenvalue weighted by molar-refractivity contribution is -0.384. The summed E-state index contributed by atoms with van der Waals surface area (Å²) in [7, 11) is 0. The average molecular weight is 456 g/mol. The smallest absolute Gasteiger partial charge is 0.341 e. The molecule has 0 bridgehead atoms.